The van der Waals surface area contributed by atoms with E-state index in [1.165, 1.54) is 0 Å². The molecule has 2 aromatic rings. The van der Waals surface area contributed by atoms with Crippen LogP contribution in [0.15, 0.2) is 54.9 Å². The van der Waals surface area contributed by atoms with Gasteiger partial charge >= 0.3 is 0 Å². The second-order valence-electron chi connectivity index (χ2n) is 4.74. The van der Waals surface area contributed by atoms with Crippen LogP contribution in [0.1, 0.15) is 17.3 Å². The van der Waals surface area contributed by atoms with Crippen LogP contribution < -0.4 is 10.2 Å². The van der Waals surface area contributed by atoms with Crippen LogP contribution in [0.4, 0.5) is 5.69 Å². The SMILES string of the molecule is C[C@@H](CNC(=O)c1ccncc1)N(C)c1ccccc1. The maximum atomic E-state index is 12.0. The topological polar surface area (TPSA) is 45.2 Å². The lowest BCUT2D eigenvalue weighted by Crippen LogP contribution is -2.40. The third-order valence-electron chi connectivity index (χ3n) is 3.33. The fourth-order valence-electron chi connectivity index (χ4n) is 1.90. The number of benzene rings is 1. The molecule has 0 bridgehead atoms. The minimum absolute atomic E-state index is 0.0688. The summed E-state index contributed by atoms with van der Waals surface area (Å²) in [4.78, 5) is 18.0. The molecule has 0 fully saturated rings. The molecule has 2 rings (SSSR count). The molecule has 104 valence electrons. The Hall–Kier alpha value is -2.36. The molecule has 0 aliphatic heterocycles. The molecule has 0 saturated heterocycles. The summed E-state index contributed by atoms with van der Waals surface area (Å²) in [7, 11) is 2.03. The Morgan fingerprint density at radius 2 is 1.85 bits per heavy atom. The number of nitrogens with zero attached hydrogens (tertiary/aromatic N) is 2. The predicted molar refractivity (Wildman–Crippen MR) is 80.9 cm³/mol. The molecule has 0 radical (unpaired) electrons. The van der Waals surface area contributed by atoms with Gasteiger partial charge in [0.05, 0.1) is 0 Å². The van der Waals surface area contributed by atoms with Gasteiger partial charge in [0.1, 0.15) is 0 Å². The molecule has 1 aromatic carbocycles. The van der Waals surface area contributed by atoms with Gasteiger partial charge in [0.25, 0.3) is 5.91 Å². The molecular formula is C16H19N3O. The molecule has 0 aliphatic carbocycles. The first kappa shape index (κ1) is 14.1. The fraction of sp³-hybridized carbons (Fsp3) is 0.250. The van der Waals surface area contributed by atoms with Crippen LogP contribution in [0.25, 0.3) is 0 Å². The second-order valence-corrected chi connectivity index (χ2v) is 4.74. The number of rotatable bonds is 5. The van der Waals surface area contributed by atoms with E-state index in [0.29, 0.717) is 12.1 Å². The van der Waals surface area contributed by atoms with Crippen LogP contribution in [-0.2, 0) is 0 Å². The normalized spacial score (nSPS) is 11.7. The molecule has 1 aromatic heterocycles. The highest BCUT2D eigenvalue weighted by Gasteiger charge is 2.11. The number of aromatic nitrogens is 1. The standard InChI is InChI=1S/C16H19N3O/c1-13(19(2)15-6-4-3-5-7-15)12-18-16(20)14-8-10-17-11-9-14/h3-11,13H,12H2,1-2H3,(H,18,20)/t13-/m0/s1. The van der Waals surface area contributed by atoms with Crippen molar-refractivity contribution >= 4 is 11.6 Å². The number of pyridine rings is 1. The number of nitrogens with one attached hydrogen (secondary N) is 1. The van der Waals surface area contributed by atoms with Crippen LogP contribution in [0, 0.1) is 0 Å². The van der Waals surface area contributed by atoms with Crippen LogP contribution in [0.5, 0.6) is 0 Å². The summed E-state index contributed by atoms with van der Waals surface area (Å²) in [5.74, 6) is -0.0688. The van der Waals surface area contributed by atoms with Crippen molar-refractivity contribution in [3.63, 3.8) is 0 Å². The molecule has 20 heavy (non-hydrogen) atoms. The summed E-state index contributed by atoms with van der Waals surface area (Å²) in [5.41, 5.74) is 1.77. The van der Waals surface area contributed by atoms with Crippen molar-refractivity contribution in [3.8, 4) is 0 Å². The minimum Gasteiger partial charge on any atom is -0.370 e. The summed E-state index contributed by atoms with van der Waals surface area (Å²) in [6, 6.07) is 13.8. The van der Waals surface area contributed by atoms with Gasteiger partial charge in [0, 0.05) is 43.3 Å². The lowest BCUT2D eigenvalue weighted by atomic mass is 10.2. The van der Waals surface area contributed by atoms with Crippen LogP contribution in [0.3, 0.4) is 0 Å². The summed E-state index contributed by atoms with van der Waals surface area (Å²) in [6.45, 7) is 2.67. The monoisotopic (exact) mass is 269 g/mol. The van der Waals surface area contributed by atoms with Crippen molar-refractivity contribution < 1.29 is 4.79 Å². The van der Waals surface area contributed by atoms with E-state index in [9.17, 15) is 4.79 Å². The lowest BCUT2D eigenvalue weighted by Gasteiger charge is -2.27. The molecule has 4 heteroatoms. The van der Waals surface area contributed by atoms with Gasteiger partial charge in [0.2, 0.25) is 0 Å². The van der Waals surface area contributed by atoms with Crippen molar-refractivity contribution in [3.05, 3.63) is 60.4 Å². The van der Waals surface area contributed by atoms with Crippen molar-refractivity contribution in [1.29, 1.82) is 0 Å². The quantitative estimate of drug-likeness (QED) is 0.906. The van der Waals surface area contributed by atoms with Gasteiger partial charge in [-0.1, -0.05) is 18.2 Å². The molecular weight excluding hydrogens is 250 g/mol. The van der Waals surface area contributed by atoms with Gasteiger partial charge < -0.3 is 10.2 Å². The van der Waals surface area contributed by atoms with Crippen molar-refractivity contribution in [2.45, 2.75) is 13.0 Å². The smallest absolute Gasteiger partial charge is 0.251 e. The van der Waals surface area contributed by atoms with E-state index in [4.69, 9.17) is 0 Å². The molecule has 0 aliphatic rings. The zero-order valence-electron chi connectivity index (χ0n) is 11.8. The summed E-state index contributed by atoms with van der Waals surface area (Å²) < 4.78 is 0. The lowest BCUT2D eigenvalue weighted by molar-refractivity contribution is 0.0951. The number of hydrogen-bond acceptors (Lipinski definition) is 3. The van der Waals surface area contributed by atoms with E-state index in [-0.39, 0.29) is 11.9 Å². The Kier molecular flexibility index (Phi) is 4.71. The van der Waals surface area contributed by atoms with Gasteiger partial charge in [0.15, 0.2) is 0 Å². The predicted octanol–water partition coefficient (Wildman–Crippen LogP) is 2.34. The number of likely N-dealkylation sites (N-methyl/N-ethyl adjacent to an activating group) is 1. The maximum absolute atomic E-state index is 12.0. The van der Waals surface area contributed by atoms with Crippen molar-refractivity contribution in [1.82, 2.24) is 10.3 Å². The molecule has 0 unspecified atom stereocenters. The Labute approximate surface area is 119 Å². The highest BCUT2D eigenvalue weighted by molar-refractivity contribution is 5.93. The molecule has 1 N–H and O–H groups in total. The number of hydrogen-bond donors (Lipinski definition) is 1. The third-order valence-corrected chi connectivity index (χ3v) is 3.33. The largest absolute Gasteiger partial charge is 0.370 e. The summed E-state index contributed by atoms with van der Waals surface area (Å²) in [6.07, 6.45) is 3.24. The van der Waals surface area contributed by atoms with Gasteiger partial charge in [-0.3, -0.25) is 9.78 Å². The van der Waals surface area contributed by atoms with E-state index < -0.39 is 0 Å². The first-order valence-electron chi connectivity index (χ1n) is 6.64. The zero-order valence-corrected chi connectivity index (χ0v) is 11.8. The number of amides is 1. The molecule has 1 heterocycles. The average molecular weight is 269 g/mol. The van der Waals surface area contributed by atoms with E-state index in [1.807, 2.05) is 25.2 Å². The molecule has 4 nitrogen and oxygen atoms in total. The zero-order chi connectivity index (χ0) is 14.4. The second kappa shape index (κ2) is 6.70. The average Bonchev–Trinajstić information content (AvgIpc) is 2.53. The molecule has 0 saturated carbocycles. The van der Waals surface area contributed by atoms with E-state index >= 15 is 0 Å². The molecule has 1 atom stereocenters. The highest BCUT2D eigenvalue weighted by atomic mass is 16.1. The van der Waals surface area contributed by atoms with E-state index in [1.54, 1.807) is 24.5 Å². The summed E-state index contributed by atoms with van der Waals surface area (Å²) in [5, 5.41) is 2.94. The first-order chi connectivity index (χ1) is 9.68. The van der Waals surface area contributed by atoms with E-state index in [2.05, 4.69) is 34.3 Å². The van der Waals surface area contributed by atoms with Crippen LogP contribution in [0.2, 0.25) is 0 Å². The minimum atomic E-state index is -0.0688. The fourth-order valence-corrected chi connectivity index (χ4v) is 1.90. The van der Waals surface area contributed by atoms with Gasteiger partial charge in [-0.2, -0.15) is 0 Å². The van der Waals surface area contributed by atoms with Crippen LogP contribution in [-0.4, -0.2) is 30.5 Å². The Balaban J connectivity index is 1.89. The first-order valence-corrected chi connectivity index (χ1v) is 6.64. The highest BCUT2D eigenvalue weighted by Crippen LogP contribution is 2.13. The number of anilines is 1. The summed E-state index contributed by atoms with van der Waals surface area (Å²) >= 11 is 0. The van der Waals surface area contributed by atoms with Gasteiger partial charge in [-0.05, 0) is 31.2 Å². The van der Waals surface area contributed by atoms with Crippen molar-refractivity contribution in [2.75, 3.05) is 18.5 Å². The Morgan fingerprint density at radius 3 is 2.50 bits per heavy atom. The molecule has 0 spiro atoms. The molecule has 1 amide bonds. The number of para-hydroxylation sites is 1. The Morgan fingerprint density at radius 1 is 1.20 bits per heavy atom. The van der Waals surface area contributed by atoms with E-state index in [0.717, 1.165) is 5.69 Å². The maximum Gasteiger partial charge on any atom is 0.251 e. The Bertz CT molecular complexity index is 542. The van der Waals surface area contributed by atoms with Crippen molar-refractivity contribution in [2.24, 2.45) is 0 Å². The van der Waals surface area contributed by atoms with Gasteiger partial charge in [-0.15, -0.1) is 0 Å². The third kappa shape index (κ3) is 3.57. The van der Waals surface area contributed by atoms with Gasteiger partial charge in [-0.25, -0.2) is 0 Å². The number of carbonyl (C=O) groups is 1. The number of carbonyl (C=O) groups excluding carboxylic acids is 1. The van der Waals surface area contributed by atoms with Crippen LogP contribution >= 0.6 is 0 Å².